The van der Waals surface area contributed by atoms with Gasteiger partial charge in [0.05, 0.1) is 4.88 Å². The largest absolute Gasteiger partial charge is 0.335 e. The standard InChI is InChI=1S/C17H22N2OS/c1-2-19(14-8-5-7-13(14)11-18)17(20)16-10-12-6-3-4-9-15(12)21-16/h3-4,6,9-10,13-14H,2,5,7-8,11,18H2,1H3. The van der Waals surface area contributed by atoms with E-state index < -0.39 is 0 Å². The maximum atomic E-state index is 12.9. The highest BCUT2D eigenvalue weighted by Gasteiger charge is 2.33. The fourth-order valence-corrected chi connectivity index (χ4v) is 4.48. The Morgan fingerprint density at radius 3 is 2.90 bits per heavy atom. The number of carbonyl (C=O) groups excluding carboxylic acids is 1. The van der Waals surface area contributed by atoms with Gasteiger partial charge < -0.3 is 10.6 Å². The van der Waals surface area contributed by atoms with Crippen LogP contribution in [0.25, 0.3) is 10.1 Å². The van der Waals surface area contributed by atoms with Crippen molar-refractivity contribution in [3.05, 3.63) is 35.2 Å². The van der Waals surface area contributed by atoms with Crippen LogP contribution in [0.3, 0.4) is 0 Å². The van der Waals surface area contributed by atoms with Crippen LogP contribution in [-0.2, 0) is 0 Å². The molecule has 1 fully saturated rings. The van der Waals surface area contributed by atoms with Crippen molar-refractivity contribution in [1.29, 1.82) is 0 Å². The van der Waals surface area contributed by atoms with Gasteiger partial charge >= 0.3 is 0 Å². The fraction of sp³-hybridized carbons (Fsp3) is 0.471. The van der Waals surface area contributed by atoms with Crippen LogP contribution in [0, 0.1) is 5.92 Å². The van der Waals surface area contributed by atoms with Gasteiger partial charge in [0.25, 0.3) is 5.91 Å². The highest BCUT2D eigenvalue weighted by Crippen LogP contribution is 2.32. The number of hydrogen-bond donors (Lipinski definition) is 1. The number of fused-ring (bicyclic) bond motifs is 1. The average Bonchev–Trinajstić information content (AvgIpc) is 3.14. The molecule has 4 heteroatoms. The number of nitrogens with two attached hydrogens (primary N) is 1. The van der Waals surface area contributed by atoms with Crippen LogP contribution < -0.4 is 5.73 Å². The Balaban J connectivity index is 1.87. The van der Waals surface area contributed by atoms with Gasteiger partial charge in [0.15, 0.2) is 0 Å². The van der Waals surface area contributed by atoms with Crippen molar-refractivity contribution in [3.8, 4) is 0 Å². The Bertz CT molecular complexity index is 604. The summed E-state index contributed by atoms with van der Waals surface area (Å²) < 4.78 is 1.18. The molecule has 1 aromatic heterocycles. The second-order valence-corrected chi connectivity index (χ2v) is 6.82. The Kier molecular flexibility index (Phi) is 4.27. The molecule has 2 N–H and O–H groups in total. The van der Waals surface area contributed by atoms with E-state index in [-0.39, 0.29) is 5.91 Å². The Morgan fingerprint density at radius 1 is 1.38 bits per heavy atom. The molecule has 1 heterocycles. The van der Waals surface area contributed by atoms with Gasteiger partial charge in [0.2, 0.25) is 0 Å². The van der Waals surface area contributed by atoms with Gasteiger partial charge in [-0.2, -0.15) is 0 Å². The van der Waals surface area contributed by atoms with Crippen LogP contribution in [0.1, 0.15) is 35.9 Å². The lowest BCUT2D eigenvalue weighted by atomic mass is 10.0. The Morgan fingerprint density at radius 2 is 2.19 bits per heavy atom. The molecule has 112 valence electrons. The summed E-state index contributed by atoms with van der Waals surface area (Å²) in [6, 6.07) is 10.5. The van der Waals surface area contributed by atoms with E-state index in [1.165, 1.54) is 11.1 Å². The number of hydrogen-bond acceptors (Lipinski definition) is 3. The summed E-state index contributed by atoms with van der Waals surface area (Å²) in [5.74, 6) is 0.632. The minimum absolute atomic E-state index is 0.170. The van der Waals surface area contributed by atoms with Crippen molar-refractivity contribution in [1.82, 2.24) is 4.90 Å². The lowest BCUT2D eigenvalue weighted by molar-refractivity contribution is 0.0657. The van der Waals surface area contributed by atoms with E-state index in [4.69, 9.17) is 5.73 Å². The minimum Gasteiger partial charge on any atom is -0.335 e. The zero-order valence-corrected chi connectivity index (χ0v) is 13.2. The van der Waals surface area contributed by atoms with Crippen LogP contribution in [0.4, 0.5) is 0 Å². The third-order valence-corrected chi connectivity index (χ3v) is 5.66. The summed E-state index contributed by atoms with van der Waals surface area (Å²) in [6.07, 6.45) is 3.42. The average molecular weight is 302 g/mol. The van der Waals surface area contributed by atoms with Crippen molar-refractivity contribution < 1.29 is 4.79 Å². The first-order chi connectivity index (χ1) is 10.2. The molecule has 0 spiro atoms. The maximum absolute atomic E-state index is 12.9. The molecule has 3 nitrogen and oxygen atoms in total. The molecule has 21 heavy (non-hydrogen) atoms. The number of amides is 1. The fourth-order valence-electron chi connectivity index (χ4n) is 3.46. The molecule has 1 aromatic carbocycles. The number of benzene rings is 1. The summed E-state index contributed by atoms with van der Waals surface area (Å²) >= 11 is 1.59. The zero-order chi connectivity index (χ0) is 14.8. The third-order valence-electron chi connectivity index (χ3n) is 4.56. The van der Waals surface area contributed by atoms with Gasteiger partial charge in [0, 0.05) is 17.3 Å². The van der Waals surface area contributed by atoms with Gasteiger partial charge in [-0.15, -0.1) is 11.3 Å². The maximum Gasteiger partial charge on any atom is 0.264 e. The molecule has 2 atom stereocenters. The molecule has 0 aliphatic heterocycles. The summed E-state index contributed by atoms with van der Waals surface area (Å²) in [4.78, 5) is 15.8. The van der Waals surface area contributed by atoms with Crippen LogP contribution >= 0.6 is 11.3 Å². The van der Waals surface area contributed by atoms with E-state index in [9.17, 15) is 4.79 Å². The first kappa shape index (κ1) is 14.5. The summed E-state index contributed by atoms with van der Waals surface area (Å²) in [5.41, 5.74) is 5.88. The van der Waals surface area contributed by atoms with Gasteiger partial charge in [0.1, 0.15) is 0 Å². The SMILES string of the molecule is CCN(C(=O)c1cc2ccccc2s1)C1CCCC1CN. The van der Waals surface area contributed by atoms with Gasteiger partial charge in [-0.1, -0.05) is 24.6 Å². The quantitative estimate of drug-likeness (QED) is 0.939. The second kappa shape index (κ2) is 6.16. The topological polar surface area (TPSA) is 46.3 Å². The van der Waals surface area contributed by atoms with Crippen molar-refractivity contribution >= 4 is 27.3 Å². The van der Waals surface area contributed by atoms with E-state index >= 15 is 0 Å². The number of nitrogens with zero attached hydrogens (tertiary/aromatic N) is 1. The predicted octanol–water partition coefficient (Wildman–Crippen LogP) is 3.49. The van der Waals surface area contributed by atoms with Crippen molar-refractivity contribution in [2.24, 2.45) is 11.7 Å². The smallest absolute Gasteiger partial charge is 0.264 e. The first-order valence-electron chi connectivity index (χ1n) is 7.74. The lowest BCUT2D eigenvalue weighted by Crippen LogP contribution is -2.43. The molecule has 3 rings (SSSR count). The molecular weight excluding hydrogens is 280 g/mol. The number of carbonyl (C=O) groups is 1. The summed E-state index contributed by atoms with van der Waals surface area (Å²) in [6.45, 7) is 3.51. The van der Waals surface area contributed by atoms with Crippen LogP contribution in [-0.4, -0.2) is 29.9 Å². The number of rotatable bonds is 4. The molecule has 1 aliphatic rings. The normalized spacial score (nSPS) is 21.8. The first-order valence-corrected chi connectivity index (χ1v) is 8.56. The number of thiophene rings is 1. The molecule has 2 aromatic rings. The molecule has 2 unspecified atom stereocenters. The predicted molar refractivity (Wildman–Crippen MR) is 88.7 cm³/mol. The monoisotopic (exact) mass is 302 g/mol. The molecule has 1 saturated carbocycles. The van der Waals surface area contributed by atoms with Crippen molar-refractivity contribution in [2.45, 2.75) is 32.2 Å². The third kappa shape index (κ3) is 2.70. The van der Waals surface area contributed by atoms with Gasteiger partial charge in [-0.05, 0) is 49.7 Å². The highest BCUT2D eigenvalue weighted by atomic mass is 32.1. The minimum atomic E-state index is 0.170. The summed E-state index contributed by atoms with van der Waals surface area (Å²) in [5, 5.41) is 1.16. The molecule has 0 bridgehead atoms. The molecule has 0 saturated heterocycles. The lowest BCUT2D eigenvalue weighted by Gasteiger charge is -2.31. The Hall–Kier alpha value is -1.39. The molecule has 1 amide bonds. The zero-order valence-electron chi connectivity index (χ0n) is 12.4. The van der Waals surface area contributed by atoms with Gasteiger partial charge in [-0.3, -0.25) is 4.79 Å². The highest BCUT2D eigenvalue weighted by molar-refractivity contribution is 7.20. The molecule has 0 radical (unpaired) electrons. The van der Waals surface area contributed by atoms with E-state index in [0.717, 1.165) is 29.6 Å². The van der Waals surface area contributed by atoms with Crippen LogP contribution in [0.15, 0.2) is 30.3 Å². The molecule has 1 aliphatic carbocycles. The van der Waals surface area contributed by atoms with E-state index in [0.29, 0.717) is 18.5 Å². The van der Waals surface area contributed by atoms with E-state index in [1.807, 2.05) is 23.1 Å². The summed E-state index contributed by atoms with van der Waals surface area (Å²) in [7, 11) is 0. The Labute approximate surface area is 129 Å². The van der Waals surface area contributed by atoms with Crippen LogP contribution in [0.5, 0.6) is 0 Å². The van der Waals surface area contributed by atoms with Gasteiger partial charge in [-0.25, -0.2) is 0 Å². The van der Waals surface area contributed by atoms with Crippen molar-refractivity contribution in [2.75, 3.05) is 13.1 Å². The van der Waals surface area contributed by atoms with E-state index in [2.05, 4.69) is 19.1 Å². The van der Waals surface area contributed by atoms with E-state index in [1.54, 1.807) is 11.3 Å². The molecular formula is C17H22N2OS. The van der Waals surface area contributed by atoms with Crippen molar-refractivity contribution in [3.63, 3.8) is 0 Å². The van der Waals surface area contributed by atoms with Crippen LogP contribution in [0.2, 0.25) is 0 Å². The second-order valence-electron chi connectivity index (χ2n) is 5.73.